The Balaban J connectivity index is 1.67. The molecule has 116 valence electrons. The van der Waals surface area contributed by atoms with Crippen molar-refractivity contribution >= 4 is 45.6 Å². The molecule has 1 heterocycles. The predicted octanol–water partition coefficient (Wildman–Crippen LogP) is 3.81. The Labute approximate surface area is 142 Å². The Morgan fingerprint density at radius 1 is 1.22 bits per heavy atom. The van der Waals surface area contributed by atoms with Crippen molar-refractivity contribution in [2.75, 3.05) is 11.1 Å². The zero-order chi connectivity index (χ0) is 16.2. The quantitative estimate of drug-likeness (QED) is 0.709. The fourth-order valence-electron chi connectivity index (χ4n) is 2.05. The number of carbonyl (C=O) groups excluding carboxylic acids is 1. The van der Waals surface area contributed by atoms with Crippen LogP contribution in [-0.2, 0) is 4.79 Å². The second-order valence-electron chi connectivity index (χ2n) is 5.03. The van der Waals surface area contributed by atoms with Gasteiger partial charge in [0.25, 0.3) is 0 Å². The van der Waals surface area contributed by atoms with Crippen molar-refractivity contribution in [3.8, 4) is 0 Å². The van der Waals surface area contributed by atoms with E-state index in [1.54, 1.807) is 0 Å². The molecule has 0 radical (unpaired) electrons. The highest BCUT2D eigenvalue weighted by Crippen LogP contribution is 2.21. The Hall–Kier alpha value is -2.18. The number of nitrogens with zero attached hydrogens (tertiary/aromatic N) is 1. The maximum atomic E-state index is 12.0. The van der Waals surface area contributed by atoms with Crippen molar-refractivity contribution in [1.82, 2.24) is 4.98 Å². The summed E-state index contributed by atoms with van der Waals surface area (Å²) in [5, 5.41) is 11.8. The van der Waals surface area contributed by atoms with Gasteiger partial charge in [-0.15, -0.1) is 0 Å². The molecule has 2 aromatic carbocycles. The highest BCUT2D eigenvalue weighted by Gasteiger charge is 2.07. The highest BCUT2D eigenvalue weighted by atomic mass is 32.2. The predicted molar refractivity (Wildman–Crippen MR) is 96.0 cm³/mol. The molecule has 0 spiro atoms. The van der Waals surface area contributed by atoms with E-state index in [1.807, 2.05) is 55.5 Å². The van der Waals surface area contributed by atoms with Gasteiger partial charge in [0, 0.05) is 11.1 Å². The maximum Gasteiger partial charge on any atom is 0.234 e. The van der Waals surface area contributed by atoms with E-state index in [-0.39, 0.29) is 11.7 Å². The van der Waals surface area contributed by atoms with Gasteiger partial charge in [-0.2, -0.15) is 0 Å². The van der Waals surface area contributed by atoms with Crippen LogP contribution in [0.4, 0.5) is 5.69 Å². The third kappa shape index (κ3) is 3.97. The summed E-state index contributed by atoms with van der Waals surface area (Å²) in [6, 6.07) is 15.3. The number of benzene rings is 2. The molecule has 4 nitrogen and oxygen atoms in total. The summed E-state index contributed by atoms with van der Waals surface area (Å²) in [5.74, 6) is 0.197. The van der Waals surface area contributed by atoms with E-state index >= 15 is 0 Å². The average Bonchev–Trinajstić information content (AvgIpc) is 2.55. The number of aryl methyl sites for hydroxylation is 1. The van der Waals surface area contributed by atoms with Crippen LogP contribution in [0.2, 0.25) is 0 Å². The van der Waals surface area contributed by atoms with E-state index in [0.717, 1.165) is 26.5 Å². The lowest BCUT2D eigenvalue weighted by molar-refractivity contribution is -0.113. The molecule has 2 N–H and O–H groups in total. The summed E-state index contributed by atoms with van der Waals surface area (Å²) >= 11 is 2.65. The summed E-state index contributed by atoms with van der Waals surface area (Å²) in [5.41, 5.74) is 2.73. The van der Waals surface area contributed by atoms with Gasteiger partial charge < -0.3 is 5.32 Å². The summed E-state index contributed by atoms with van der Waals surface area (Å²) in [4.78, 5) is 16.5. The number of amides is 1. The summed E-state index contributed by atoms with van der Waals surface area (Å²) in [6.45, 7) is 2.01. The van der Waals surface area contributed by atoms with Gasteiger partial charge in [0.1, 0.15) is 4.67 Å². The minimum absolute atomic E-state index is 0.0763. The number of carbonyl (C=O) groups is 1. The first kappa shape index (κ1) is 15.7. The maximum absolute atomic E-state index is 12.0. The zero-order valence-electron chi connectivity index (χ0n) is 12.5. The second kappa shape index (κ2) is 6.93. The third-order valence-electron chi connectivity index (χ3n) is 3.21. The topological polar surface area (TPSA) is 65.8 Å². The van der Waals surface area contributed by atoms with Gasteiger partial charge >= 0.3 is 0 Å². The average molecular weight is 341 g/mol. The van der Waals surface area contributed by atoms with Crippen LogP contribution in [0, 0.1) is 12.3 Å². The monoisotopic (exact) mass is 341 g/mol. The van der Waals surface area contributed by atoms with Crippen LogP contribution in [0.1, 0.15) is 5.56 Å². The smallest absolute Gasteiger partial charge is 0.234 e. The first-order valence-electron chi connectivity index (χ1n) is 7.05. The van der Waals surface area contributed by atoms with Crippen LogP contribution in [0.5, 0.6) is 0 Å². The third-order valence-corrected chi connectivity index (χ3v) is 5.25. The zero-order valence-corrected chi connectivity index (χ0v) is 14.1. The molecule has 1 aromatic heterocycles. The highest BCUT2D eigenvalue weighted by molar-refractivity contribution is 8.01. The van der Waals surface area contributed by atoms with Crippen LogP contribution in [-0.4, -0.2) is 16.6 Å². The standard InChI is InChI=1S/C17H15N3OS2/c1-11-6-8-12(9-7-11)19-15(21)10-22-17-20-14-5-3-2-4-13(14)16(18)23-17/h2-9,18H,10H2,1H3,(H,19,21). The second-order valence-corrected chi connectivity index (χ2v) is 7.25. The lowest BCUT2D eigenvalue weighted by atomic mass is 10.2. The van der Waals surface area contributed by atoms with Crippen LogP contribution < -0.4 is 9.99 Å². The largest absolute Gasteiger partial charge is 0.325 e. The molecular formula is C17H15N3OS2. The molecule has 0 saturated carbocycles. The van der Waals surface area contributed by atoms with Crippen molar-refractivity contribution in [2.24, 2.45) is 0 Å². The lowest BCUT2D eigenvalue weighted by Crippen LogP contribution is -2.14. The van der Waals surface area contributed by atoms with E-state index in [1.165, 1.54) is 23.1 Å². The van der Waals surface area contributed by atoms with E-state index in [9.17, 15) is 4.79 Å². The Bertz CT molecular complexity index is 904. The normalized spacial score (nSPS) is 10.7. The van der Waals surface area contributed by atoms with Gasteiger partial charge in [-0.1, -0.05) is 52.9 Å². The van der Waals surface area contributed by atoms with Crippen molar-refractivity contribution in [3.63, 3.8) is 0 Å². The number of hydrogen-bond acceptors (Lipinski definition) is 5. The molecule has 0 aliphatic carbocycles. The molecule has 0 saturated heterocycles. The number of fused-ring (bicyclic) bond motifs is 1. The van der Waals surface area contributed by atoms with E-state index in [2.05, 4.69) is 10.3 Å². The molecule has 3 rings (SSSR count). The van der Waals surface area contributed by atoms with E-state index < -0.39 is 0 Å². The number of rotatable bonds is 4. The molecule has 1 amide bonds. The minimum atomic E-state index is -0.0763. The van der Waals surface area contributed by atoms with Crippen molar-refractivity contribution in [1.29, 1.82) is 5.41 Å². The number of anilines is 1. The number of aromatic nitrogens is 1. The fraction of sp³-hybridized carbons (Fsp3) is 0.118. The molecule has 0 unspecified atom stereocenters. The Morgan fingerprint density at radius 3 is 2.74 bits per heavy atom. The van der Waals surface area contributed by atoms with Gasteiger partial charge in [-0.25, -0.2) is 4.98 Å². The lowest BCUT2D eigenvalue weighted by Gasteiger charge is -2.05. The molecule has 6 heteroatoms. The molecular weight excluding hydrogens is 326 g/mol. The van der Waals surface area contributed by atoms with Crippen molar-refractivity contribution in [3.05, 3.63) is 58.8 Å². The van der Waals surface area contributed by atoms with Gasteiger partial charge in [-0.3, -0.25) is 10.2 Å². The first-order valence-corrected chi connectivity index (χ1v) is 8.86. The Morgan fingerprint density at radius 2 is 1.96 bits per heavy atom. The molecule has 0 aliphatic heterocycles. The van der Waals surface area contributed by atoms with Crippen LogP contribution >= 0.6 is 23.1 Å². The van der Waals surface area contributed by atoms with Crippen LogP contribution in [0.3, 0.4) is 0 Å². The summed E-state index contributed by atoms with van der Waals surface area (Å²) in [6.07, 6.45) is 0. The molecule has 23 heavy (non-hydrogen) atoms. The van der Waals surface area contributed by atoms with Gasteiger partial charge in [0.15, 0.2) is 4.34 Å². The van der Waals surface area contributed by atoms with E-state index in [0.29, 0.717) is 4.67 Å². The summed E-state index contributed by atoms with van der Waals surface area (Å²) < 4.78 is 1.20. The van der Waals surface area contributed by atoms with Crippen LogP contribution in [0.25, 0.3) is 10.9 Å². The number of thioether (sulfide) groups is 1. The minimum Gasteiger partial charge on any atom is -0.325 e. The Kier molecular flexibility index (Phi) is 4.73. The number of nitrogens with one attached hydrogen (secondary N) is 2. The SMILES string of the molecule is Cc1ccc(NC(=O)CSc2nc3ccccc3c(=N)s2)cc1. The van der Waals surface area contributed by atoms with Gasteiger partial charge in [0.05, 0.1) is 11.3 Å². The molecule has 0 fully saturated rings. The van der Waals surface area contributed by atoms with Crippen molar-refractivity contribution in [2.45, 2.75) is 11.3 Å². The molecule has 0 atom stereocenters. The van der Waals surface area contributed by atoms with Gasteiger partial charge in [-0.05, 0) is 31.2 Å². The fourth-order valence-corrected chi connectivity index (χ4v) is 3.80. The van der Waals surface area contributed by atoms with Crippen molar-refractivity contribution < 1.29 is 4.79 Å². The molecule has 0 bridgehead atoms. The molecule has 3 aromatic rings. The first-order chi connectivity index (χ1) is 11.1. The number of hydrogen-bond donors (Lipinski definition) is 2. The van der Waals surface area contributed by atoms with Gasteiger partial charge in [0.2, 0.25) is 5.91 Å². The summed E-state index contributed by atoms with van der Waals surface area (Å²) in [7, 11) is 0. The van der Waals surface area contributed by atoms with Crippen LogP contribution in [0.15, 0.2) is 52.9 Å². The van der Waals surface area contributed by atoms with E-state index in [4.69, 9.17) is 5.41 Å². The molecule has 0 aliphatic rings. The number of para-hydroxylation sites is 1.